The number of rotatable bonds is 38. The Balaban J connectivity index is 2.72. The Labute approximate surface area is 419 Å². The van der Waals surface area contributed by atoms with E-state index in [1.165, 1.54) is 19.3 Å². The van der Waals surface area contributed by atoms with Gasteiger partial charge in [-0.2, -0.15) is 0 Å². The van der Waals surface area contributed by atoms with Crippen LogP contribution < -0.4 is 0 Å². The van der Waals surface area contributed by atoms with Gasteiger partial charge in [0.05, 0.1) is 18.8 Å². The smallest absolute Gasteiger partial charge is 0.462 e. The molecule has 0 radical (unpaired) electrons. The van der Waals surface area contributed by atoms with Crippen LogP contribution in [-0.2, 0) is 41.8 Å². The Kier molecular flexibility index (Phi) is 36.6. The lowest BCUT2D eigenvalue weighted by Crippen LogP contribution is -2.64. The van der Waals surface area contributed by atoms with E-state index in [-0.39, 0.29) is 19.3 Å². The van der Waals surface area contributed by atoms with Crippen LogP contribution in [0.15, 0.2) is 122 Å². The van der Waals surface area contributed by atoms with Gasteiger partial charge in [0, 0.05) is 12.8 Å². The number of aliphatic hydroxyl groups is 6. The van der Waals surface area contributed by atoms with Crippen molar-refractivity contribution in [3.63, 3.8) is 0 Å². The third-order valence-corrected chi connectivity index (χ3v) is 11.7. The lowest BCUT2D eigenvalue weighted by molar-refractivity contribution is -0.216. The molecule has 0 spiro atoms. The molecule has 0 aromatic rings. The fourth-order valence-electron chi connectivity index (χ4n) is 6.39. The van der Waals surface area contributed by atoms with E-state index in [0.717, 1.165) is 25.7 Å². The maximum absolute atomic E-state index is 13.0. The number of hydrogen-bond acceptors (Lipinski definition) is 15. The molecular weight excluding hydrogens is 962 g/mol. The molecule has 71 heavy (non-hydrogen) atoms. The van der Waals surface area contributed by atoms with Gasteiger partial charge in [-0.3, -0.25) is 23.2 Å². The fourth-order valence-corrected chi connectivity index (χ4v) is 7.93. The molecule has 0 aromatic carbocycles. The topological polar surface area (TPSA) is 296 Å². The molecule has 0 heterocycles. The van der Waals surface area contributed by atoms with Gasteiger partial charge in [0.1, 0.15) is 43.2 Å². The van der Waals surface area contributed by atoms with Crippen molar-refractivity contribution in [1.82, 2.24) is 0 Å². The average molecular weight is 1040 g/mol. The van der Waals surface area contributed by atoms with Crippen molar-refractivity contribution < 1.29 is 87.1 Å². The van der Waals surface area contributed by atoms with Crippen molar-refractivity contribution >= 4 is 27.6 Å². The predicted molar refractivity (Wildman–Crippen MR) is 271 cm³/mol. The summed E-state index contributed by atoms with van der Waals surface area (Å²) in [5.74, 6) is -1.45. The van der Waals surface area contributed by atoms with Crippen LogP contribution in [0.1, 0.15) is 117 Å². The van der Waals surface area contributed by atoms with Gasteiger partial charge >= 0.3 is 27.6 Å². The van der Waals surface area contributed by atoms with Crippen LogP contribution in [0.2, 0.25) is 0 Å². The molecule has 9 N–H and O–H groups in total. The number of carbonyl (C=O) groups is 2. The maximum atomic E-state index is 13.0. The van der Waals surface area contributed by atoms with E-state index in [0.29, 0.717) is 38.5 Å². The number of aliphatic hydroxyl groups excluding tert-OH is 6. The molecule has 402 valence electrons. The summed E-state index contributed by atoms with van der Waals surface area (Å²) in [4.78, 5) is 54.3. The van der Waals surface area contributed by atoms with Gasteiger partial charge in [-0.25, -0.2) is 9.13 Å². The number of carbonyl (C=O) groups excluding carboxylic acids is 2. The van der Waals surface area contributed by atoms with Crippen LogP contribution in [0, 0.1) is 0 Å². The van der Waals surface area contributed by atoms with Crippen LogP contribution in [0.5, 0.6) is 0 Å². The van der Waals surface area contributed by atoms with E-state index >= 15 is 0 Å². The Morgan fingerprint density at radius 2 is 1.03 bits per heavy atom. The largest absolute Gasteiger partial charge is 0.472 e. The number of hydrogen-bond donors (Lipinski definition) is 9. The Bertz CT molecular complexity index is 1860. The van der Waals surface area contributed by atoms with Gasteiger partial charge < -0.3 is 54.8 Å². The molecule has 20 heteroatoms. The third-order valence-electron chi connectivity index (χ3n) is 10.2. The Morgan fingerprint density at radius 1 is 0.535 bits per heavy atom. The van der Waals surface area contributed by atoms with Crippen LogP contribution >= 0.6 is 15.6 Å². The number of phosphoric acid groups is 2. The lowest BCUT2D eigenvalue weighted by Gasteiger charge is -2.43. The van der Waals surface area contributed by atoms with Crippen LogP contribution in [0.3, 0.4) is 0 Å². The zero-order valence-electron chi connectivity index (χ0n) is 41.1. The molecule has 1 rings (SSSR count). The summed E-state index contributed by atoms with van der Waals surface area (Å²) in [6, 6.07) is 0. The standard InChI is InChI=1S/C51H80O18P2/c1-3-5-7-8-9-10-11-12-13-14-15-16-17-18-19-24-32-38-45(55)67-43(40-66-71(63,64)69-51-48(58)46(56)47(57)50(49(51)59)68-70(60,61)62)39-65-44(54)37-31-23-21-20-22-28-34-42(53)36-30-26-25-29-35-41(52)33-27-6-4-2/h6,9-10,12-13,15-16,18-19,21-23,25-30,35-36,41-43,46-53,56-59H,3-5,7-8,11,14,17,20,24,31-34,37-40H2,1-2H3,(H,63,64)(H2,60,61,62)/b10-9-,13-12-,16-15-,19-18-,23-21-,26-25-,27-6-,28-22-,35-29+,36-30+/t41-,42+,43-,46?,47?,48?,49?,50-,51+/m1/s1. The first kappa shape index (κ1) is 65.3. The first-order valence-corrected chi connectivity index (χ1v) is 27.3. The second-order valence-corrected chi connectivity index (χ2v) is 19.1. The molecule has 1 fully saturated rings. The normalized spacial score (nSPS) is 22.8. The zero-order chi connectivity index (χ0) is 52.8. The monoisotopic (exact) mass is 1040 g/mol. The highest BCUT2D eigenvalue weighted by atomic mass is 31.2. The van der Waals surface area contributed by atoms with Gasteiger partial charge in [-0.05, 0) is 77.0 Å². The van der Waals surface area contributed by atoms with E-state index in [9.17, 15) is 64.0 Å². The average Bonchev–Trinajstić information content (AvgIpc) is 3.32. The van der Waals surface area contributed by atoms with E-state index in [2.05, 4.69) is 41.8 Å². The van der Waals surface area contributed by atoms with E-state index in [1.807, 2.05) is 55.5 Å². The van der Waals surface area contributed by atoms with Crippen molar-refractivity contribution in [2.45, 2.75) is 172 Å². The van der Waals surface area contributed by atoms with Crippen molar-refractivity contribution in [2.24, 2.45) is 0 Å². The van der Waals surface area contributed by atoms with Gasteiger partial charge in [0.2, 0.25) is 0 Å². The molecule has 18 nitrogen and oxygen atoms in total. The van der Waals surface area contributed by atoms with Crippen LogP contribution in [0.4, 0.5) is 0 Å². The first-order valence-electron chi connectivity index (χ1n) is 24.3. The molecule has 5 unspecified atom stereocenters. The number of esters is 2. The van der Waals surface area contributed by atoms with E-state index < -0.39 is 95.7 Å². The van der Waals surface area contributed by atoms with Crippen molar-refractivity contribution in [3.8, 4) is 0 Å². The molecule has 0 saturated heterocycles. The predicted octanol–water partition coefficient (Wildman–Crippen LogP) is 7.44. The highest BCUT2D eigenvalue weighted by molar-refractivity contribution is 7.47. The Morgan fingerprint density at radius 3 is 1.56 bits per heavy atom. The molecule has 0 aromatic heterocycles. The highest BCUT2D eigenvalue weighted by Crippen LogP contribution is 2.49. The van der Waals surface area contributed by atoms with E-state index in [1.54, 1.807) is 42.5 Å². The minimum atomic E-state index is -5.40. The molecule has 0 amide bonds. The lowest BCUT2D eigenvalue weighted by atomic mass is 9.85. The Hall–Kier alpha value is -3.68. The minimum Gasteiger partial charge on any atom is -0.462 e. The summed E-state index contributed by atoms with van der Waals surface area (Å²) in [6.45, 7) is 2.68. The van der Waals surface area contributed by atoms with Crippen molar-refractivity contribution in [1.29, 1.82) is 0 Å². The molecule has 1 aliphatic carbocycles. The van der Waals surface area contributed by atoms with E-state index in [4.69, 9.17) is 18.5 Å². The minimum absolute atomic E-state index is 0.0777. The molecular formula is C51H80O18P2. The summed E-state index contributed by atoms with van der Waals surface area (Å²) in [5.41, 5.74) is 0. The SMILES string of the molecule is CC/C=C\C[C@@H](O)/C=C/C=C\C=C\[C@@H](O)C/C=C\C/C=C\CCC(=O)OC[C@H](COP(=O)(O)O[C@H]1C(O)C(O)C(O)[C@@H](OP(=O)(O)O)C1O)OC(=O)CCC/C=C\C/C=C\C/C=C\C/C=C\CCCCC. The third kappa shape index (κ3) is 34.4. The number of allylic oxidation sites excluding steroid dienone is 16. The second kappa shape index (κ2) is 39.8. The van der Waals surface area contributed by atoms with Gasteiger partial charge in [-0.1, -0.05) is 148 Å². The molecule has 1 saturated carbocycles. The summed E-state index contributed by atoms with van der Waals surface area (Å²) in [5, 5.41) is 61.3. The fraction of sp³-hybridized carbons (Fsp3) is 0.569. The molecule has 0 bridgehead atoms. The summed E-state index contributed by atoms with van der Waals surface area (Å²) in [7, 11) is -10.8. The van der Waals surface area contributed by atoms with Crippen molar-refractivity contribution in [3.05, 3.63) is 122 Å². The van der Waals surface area contributed by atoms with Gasteiger partial charge in [-0.15, -0.1) is 0 Å². The molecule has 1 aliphatic rings. The van der Waals surface area contributed by atoms with Gasteiger partial charge in [0.25, 0.3) is 0 Å². The van der Waals surface area contributed by atoms with Gasteiger partial charge in [0.15, 0.2) is 6.10 Å². The number of ether oxygens (including phenoxy) is 2. The van der Waals surface area contributed by atoms with Crippen LogP contribution in [-0.4, -0.2) is 125 Å². The van der Waals surface area contributed by atoms with Crippen molar-refractivity contribution in [2.75, 3.05) is 13.2 Å². The highest BCUT2D eigenvalue weighted by Gasteiger charge is 2.54. The number of phosphoric ester groups is 2. The summed E-state index contributed by atoms with van der Waals surface area (Å²) < 4.78 is 49.2. The summed E-state index contributed by atoms with van der Waals surface area (Å²) in [6.07, 6.45) is 32.2. The maximum Gasteiger partial charge on any atom is 0.472 e. The quantitative estimate of drug-likeness (QED) is 0.00954. The van der Waals surface area contributed by atoms with Crippen LogP contribution in [0.25, 0.3) is 0 Å². The molecule has 0 aliphatic heterocycles. The molecule has 10 atom stereocenters. The zero-order valence-corrected chi connectivity index (χ0v) is 42.9. The summed E-state index contributed by atoms with van der Waals surface area (Å²) >= 11 is 0. The second-order valence-electron chi connectivity index (χ2n) is 16.5. The number of unbranched alkanes of at least 4 members (excludes halogenated alkanes) is 4. The first-order chi connectivity index (χ1) is 33.9.